The Morgan fingerprint density at radius 1 is 1.04 bits per heavy atom. The van der Waals surface area contributed by atoms with Crippen LogP contribution in [-0.2, 0) is 4.79 Å². The van der Waals surface area contributed by atoms with Crippen molar-refractivity contribution in [2.45, 2.75) is 27.7 Å². The highest BCUT2D eigenvalue weighted by Gasteiger charge is 2.08. The molecule has 1 amide bonds. The maximum Gasteiger partial charge on any atom is 0.248 e. The van der Waals surface area contributed by atoms with E-state index in [1.165, 1.54) is 6.08 Å². The molecule has 126 valence electrons. The molecule has 2 aromatic carbocycles. The van der Waals surface area contributed by atoms with Crippen molar-refractivity contribution >= 4 is 29.3 Å². The molecule has 0 aliphatic heterocycles. The van der Waals surface area contributed by atoms with Crippen LogP contribution in [0.2, 0.25) is 5.02 Å². The lowest BCUT2D eigenvalue weighted by atomic mass is 10.0. The fourth-order valence-corrected chi connectivity index (χ4v) is 3.08. The maximum absolute atomic E-state index is 12.2. The minimum Gasteiger partial charge on any atom is -0.497 e. The number of hydrogen-bond acceptors (Lipinski definition) is 2. The maximum atomic E-state index is 12.2. The minimum atomic E-state index is -0.210. The molecule has 0 saturated carbocycles. The van der Waals surface area contributed by atoms with Crippen molar-refractivity contribution in [1.82, 2.24) is 0 Å². The Morgan fingerprint density at radius 3 is 2.21 bits per heavy atom. The molecule has 2 aromatic rings. The van der Waals surface area contributed by atoms with Crippen LogP contribution < -0.4 is 10.1 Å². The monoisotopic (exact) mass is 343 g/mol. The number of carbonyl (C=O) groups is 1. The van der Waals surface area contributed by atoms with E-state index in [2.05, 4.69) is 5.32 Å². The Morgan fingerprint density at radius 2 is 1.67 bits per heavy atom. The number of aryl methyl sites for hydroxylation is 4. The van der Waals surface area contributed by atoms with Crippen molar-refractivity contribution in [1.29, 1.82) is 0 Å². The molecule has 0 aromatic heterocycles. The van der Waals surface area contributed by atoms with Crippen LogP contribution in [0.15, 0.2) is 30.3 Å². The Balaban J connectivity index is 2.20. The number of hydrogen-bond donors (Lipinski definition) is 1. The van der Waals surface area contributed by atoms with Gasteiger partial charge in [0.25, 0.3) is 0 Å². The summed E-state index contributed by atoms with van der Waals surface area (Å²) in [5, 5.41) is 3.40. The Hall–Kier alpha value is -2.26. The Labute approximate surface area is 148 Å². The Kier molecular flexibility index (Phi) is 5.68. The van der Waals surface area contributed by atoms with Crippen LogP contribution in [-0.4, -0.2) is 13.0 Å². The molecular weight excluding hydrogens is 322 g/mol. The third kappa shape index (κ3) is 4.18. The van der Waals surface area contributed by atoms with Gasteiger partial charge in [-0.05, 0) is 79.8 Å². The van der Waals surface area contributed by atoms with Crippen molar-refractivity contribution in [2.75, 3.05) is 12.4 Å². The predicted molar refractivity (Wildman–Crippen MR) is 101 cm³/mol. The van der Waals surface area contributed by atoms with Gasteiger partial charge >= 0.3 is 0 Å². The zero-order chi connectivity index (χ0) is 17.9. The number of methoxy groups -OCH3 is 1. The third-order valence-corrected chi connectivity index (χ3v) is 4.18. The van der Waals surface area contributed by atoms with Gasteiger partial charge in [-0.1, -0.05) is 17.7 Å². The summed E-state index contributed by atoms with van der Waals surface area (Å²) in [6.45, 7) is 7.89. The molecule has 0 spiro atoms. The fourth-order valence-electron chi connectivity index (χ4n) is 2.71. The first-order chi connectivity index (χ1) is 11.3. The van der Waals surface area contributed by atoms with Crippen LogP contribution >= 0.6 is 11.6 Å². The van der Waals surface area contributed by atoms with Crippen LogP contribution in [0, 0.1) is 27.7 Å². The van der Waals surface area contributed by atoms with Gasteiger partial charge in [-0.25, -0.2) is 0 Å². The average Bonchev–Trinajstić information content (AvgIpc) is 2.49. The number of halogens is 1. The first-order valence-corrected chi connectivity index (χ1v) is 8.10. The minimum absolute atomic E-state index is 0.210. The van der Waals surface area contributed by atoms with Crippen LogP contribution in [0.1, 0.15) is 27.8 Å². The van der Waals surface area contributed by atoms with Crippen molar-refractivity contribution in [3.63, 3.8) is 0 Å². The summed E-state index contributed by atoms with van der Waals surface area (Å²) in [5.74, 6) is 0.604. The smallest absolute Gasteiger partial charge is 0.248 e. The highest BCUT2D eigenvalue weighted by molar-refractivity contribution is 6.34. The molecule has 0 radical (unpaired) electrons. The van der Waals surface area contributed by atoms with E-state index in [4.69, 9.17) is 16.3 Å². The summed E-state index contributed by atoms with van der Waals surface area (Å²) in [7, 11) is 1.64. The van der Waals surface area contributed by atoms with E-state index >= 15 is 0 Å². The van der Waals surface area contributed by atoms with Gasteiger partial charge < -0.3 is 10.1 Å². The highest BCUT2D eigenvalue weighted by atomic mass is 35.5. The molecule has 3 nitrogen and oxygen atoms in total. The molecule has 0 aliphatic carbocycles. The number of nitrogens with one attached hydrogen (secondary N) is 1. The molecule has 4 heteroatoms. The molecule has 0 atom stereocenters. The van der Waals surface area contributed by atoms with E-state index in [9.17, 15) is 4.79 Å². The average molecular weight is 344 g/mol. The third-order valence-electron chi connectivity index (χ3n) is 3.88. The molecule has 0 fully saturated rings. The molecule has 0 aliphatic rings. The van der Waals surface area contributed by atoms with Crippen molar-refractivity contribution < 1.29 is 9.53 Å². The van der Waals surface area contributed by atoms with Crippen molar-refractivity contribution in [3.8, 4) is 5.75 Å². The van der Waals surface area contributed by atoms with Gasteiger partial charge in [0.2, 0.25) is 5.91 Å². The molecule has 0 bridgehead atoms. The summed E-state index contributed by atoms with van der Waals surface area (Å²) < 4.78 is 5.25. The quantitative estimate of drug-likeness (QED) is 0.771. The van der Waals surface area contributed by atoms with Gasteiger partial charge in [0.05, 0.1) is 17.8 Å². The summed E-state index contributed by atoms with van der Waals surface area (Å²) >= 11 is 6.23. The van der Waals surface area contributed by atoms with E-state index < -0.39 is 0 Å². The molecule has 2 rings (SSSR count). The van der Waals surface area contributed by atoms with Gasteiger partial charge in [-0.2, -0.15) is 0 Å². The summed E-state index contributed by atoms with van der Waals surface area (Å²) in [5.41, 5.74) is 5.78. The number of anilines is 1. The van der Waals surface area contributed by atoms with Crippen LogP contribution in [0.3, 0.4) is 0 Å². The van der Waals surface area contributed by atoms with Gasteiger partial charge in [0.15, 0.2) is 0 Å². The fraction of sp³-hybridized carbons (Fsp3) is 0.250. The molecule has 0 heterocycles. The predicted octanol–water partition coefficient (Wildman–Crippen LogP) is 5.23. The topological polar surface area (TPSA) is 38.3 Å². The summed E-state index contributed by atoms with van der Waals surface area (Å²) in [4.78, 5) is 12.2. The van der Waals surface area contributed by atoms with E-state index in [1.54, 1.807) is 7.11 Å². The van der Waals surface area contributed by atoms with Crippen LogP contribution in [0.4, 0.5) is 5.69 Å². The zero-order valence-corrected chi connectivity index (χ0v) is 15.4. The molecule has 1 N–H and O–H groups in total. The van der Waals surface area contributed by atoms with Gasteiger partial charge in [-0.3, -0.25) is 4.79 Å². The molecule has 0 saturated heterocycles. The Bertz CT molecular complexity index is 763. The summed E-state index contributed by atoms with van der Waals surface area (Å²) in [6.07, 6.45) is 3.34. The standard InChI is InChI=1S/C20H22ClNO2/c1-12-8-15(4)20(18(21)9-12)22-19(23)7-6-17-13(2)10-16(24-5)11-14(17)3/h6-11H,1-5H3,(H,22,23)/b7-6+. The van der Waals surface area contributed by atoms with E-state index in [0.717, 1.165) is 33.6 Å². The SMILES string of the molecule is COc1cc(C)c(/C=C/C(=O)Nc2c(C)cc(C)cc2Cl)c(C)c1. The van der Waals surface area contributed by atoms with E-state index in [1.807, 2.05) is 58.0 Å². The second-order valence-electron chi connectivity index (χ2n) is 5.94. The van der Waals surface area contributed by atoms with Gasteiger partial charge in [0, 0.05) is 6.08 Å². The second kappa shape index (κ2) is 7.54. The van der Waals surface area contributed by atoms with Crippen molar-refractivity contribution in [2.24, 2.45) is 0 Å². The second-order valence-corrected chi connectivity index (χ2v) is 6.34. The van der Waals surface area contributed by atoms with E-state index in [-0.39, 0.29) is 5.91 Å². The lowest BCUT2D eigenvalue weighted by Gasteiger charge is -2.11. The number of amides is 1. The lowest BCUT2D eigenvalue weighted by molar-refractivity contribution is -0.111. The van der Waals surface area contributed by atoms with E-state index in [0.29, 0.717) is 10.7 Å². The first kappa shape index (κ1) is 18.1. The van der Waals surface area contributed by atoms with Gasteiger partial charge in [-0.15, -0.1) is 0 Å². The highest BCUT2D eigenvalue weighted by Crippen LogP contribution is 2.27. The molecular formula is C20H22ClNO2. The molecule has 24 heavy (non-hydrogen) atoms. The molecule has 0 unspecified atom stereocenters. The van der Waals surface area contributed by atoms with Gasteiger partial charge in [0.1, 0.15) is 5.75 Å². The number of rotatable bonds is 4. The van der Waals surface area contributed by atoms with Crippen molar-refractivity contribution in [3.05, 3.63) is 63.2 Å². The lowest BCUT2D eigenvalue weighted by Crippen LogP contribution is -2.09. The zero-order valence-electron chi connectivity index (χ0n) is 14.7. The number of carbonyl (C=O) groups excluding carboxylic acids is 1. The normalized spacial score (nSPS) is 10.9. The summed E-state index contributed by atoms with van der Waals surface area (Å²) in [6, 6.07) is 7.73. The largest absolute Gasteiger partial charge is 0.497 e. The van der Waals surface area contributed by atoms with Crippen LogP contribution in [0.25, 0.3) is 6.08 Å². The van der Waals surface area contributed by atoms with Crippen LogP contribution in [0.5, 0.6) is 5.75 Å². The number of ether oxygens (including phenoxy) is 1. The first-order valence-electron chi connectivity index (χ1n) is 7.73. The number of benzene rings is 2.